The van der Waals surface area contributed by atoms with Gasteiger partial charge in [0, 0.05) is 29.2 Å². The number of thiazole rings is 1. The SMILES string of the molecule is Cc1nn(-c2ccc(Cl)cc2)c(C)c1CC(=O)NCCCc1nc2ccccc2s1. The lowest BCUT2D eigenvalue weighted by molar-refractivity contribution is -0.120. The number of halogens is 1. The van der Waals surface area contributed by atoms with Gasteiger partial charge in [-0.1, -0.05) is 23.7 Å². The van der Waals surface area contributed by atoms with Gasteiger partial charge < -0.3 is 5.32 Å². The maximum atomic E-state index is 12.5. The normalized spacial score (nSPS) is 11.2. The van der Waals surface area contributed by atoms with Gasteiger partial charge in [-0.15, -0.1) is 11.3 Å². The smallest absolute Gasteiger partial charge is 0.224 e. The van der Waals surface area contributed by atoms with Gasteiger partial charge in [-0.2, -0.15) is 5.10 Å². The van der Waals surface area contributed by atoms with E-state index in [4.69, 9.17) is 11.6 Å². The minimum Gasteiger partial charge on any atom is -0.356 e. The molecule has 0 fully saturated rings. The average molecular weight is 439 g/mol. The fourth-order valence-corrected chi connectivity index (χ4v) is 4.62. The molecule has 0 aliphatic carbocycles. The van der Waals surface area contributed by atoms with Crippen LogP contribution >= 0.6 is 22.9 Å². The molecule has 0 atom stereocenters. The summed E-state index contributed by atoms with van der Waals surface area (Å²) in [7, 11) is 0. The summed E-state index contributed by atoms with van der Waals surface area (Å²) in [6.45, 7) is 4.57. The molecule has 5 nitrogen and oxygen atoms in total. The monoisotopic (exact) mass is 438 g/mol. The van der Waals surface area contributed by atoms with Crippen molar-refractivity contribution >= 4 is 39.1 Å². The fraction of sp³-hybridized carbons (Fsp3) is 0.261. The van der Waals surface area contributed by atoms with Crippen LogP contribution in [-0.2, 0) is 17.6 Å². The number of nitrogens with zero attached hydrogens (tertiary/aromatic N) is 3. The first-order valence-electron chi connectivity index (χ1n) is 9.93. The van der Waals surface area contributed by atoms with Crippen molar-refractivity contribution in [2.45, 2.75) is 33.1 Å². The van der Waals surface area contributed by atoms with E-state index < -0.39 is 0 Å². The summed E-state index contributed by atoms with van der Waals surface area (Å²) in [6, 6.07) is 15.7. The standard InChI is InChI=1S/C23H23ClN4OS/c1-15-19(16(2)28(27-15)18-11-9-17(24)10-12-18)14-22(29)25-13-5-8-23-26-20-6-3-4-7-21(20)30-23/h3-4,6-7,9-12H,5,8,13-14H2,1-2H3,(H,25,29). The van der Waals surface area contributed by atoms with Gasteiger partial charge in [0.05, 0.1) is 33.0 Å². The van der Waals surface area contributed by atoms with Crippen LogP contribution in [0.5, 0.6) is 0 Å². The predicted octanol–water partition coefficient (Wildman–Crippen LogP) is 5.04. The lowest BCUT2D eigenvalue weighted by atomic mass is 10.1. The molecule has 1 amide bonds. The van der Waals surface area contributed by atoms with E-state index in [9.17, 15) is 4.79 Å². The molecule has 0 aliphatic rings. The van der Waals surface area contributed by atoms with Crippen molar-refractivity contribution in [3.63, 3.8) is 0 Å². The third-order valence-corrected chi connectivity index (χ3v) is 6.43. The lowest BCUT2D eigenvalue weighted by Gasteiger charge is -2.07. The van der Waals surface area contributed by atoms with Crippen molar-refractivity contribution in [1.82, 2.24) is 20.1 Å². The van der Waals surface area contributed by atoms with Gasteiger partial charge in [0.2, 0.25) is 5.91 Å². The van der Waals surface area contributed by atoms with Crippen molar-refractivity contribution in [3.05, 3.63) is 75.5 Å². The van der Waals surface area contributed by atoms with Gasteiger partial charge in [-0.05, 0) is 56.7 Å². The molecular weight excluding hydrogens is 416 g/mol. The number of carbonyl (C=O) groups excluding carboxylic acids is 1. The topological polar surface area (TPSA) is 59.8 Å². The summed E-state index contributed by atoms with van der Waals surface area (Å²) in [5.74, 6) is 0.0150. The van der Waals surface area contributed by atoms with Crippen LogP contribution in [0.25, 0.3) is 15.9 Å². The number of para-hydroxylation sites is 1. The molecule has 0 unspecified atom stereocenters. The highest BCUT2D eigenvalue weighted by Gasteiger charge is 2.16. The van der Waals surface area contributed by atoms with E-state index >= 15 is 0 Å². The van der Waals surface area contributed by atoms with Gasteiger partial charge in [0.1, 0.15) is 0 Å². The minimum absolute atomic E-state index is 0.0150. The number of aromatic nitrogens is 3. The number of rotatable bonds is 7. The fourth-order valence-electron chi connectivity index (χ4n) is 3.48. The Bertz CT molecular complexity index is 1150. The molecule has 7 heteroatoms. The molecule has 30 heavy (non-hydrogen) atoms. The van der Waals surface area contributed by atoms with E-state index in [1.807, 2.05) is 61.0 Å². The van der Waals surface area contributed by atoms with Crippen LogP contribution < -0.4 is 5.32 Å². The van der Waals surface area contributed by atoms with Crippen LogP contribution in [0.15, 0.2) is 48.5 Å². The Morgan fingerprint density at radius 2 is 1.90 bits per heavy atom. The number of aryl methyl sites for hydroxylation is 2. The number of benzene rings is 2. The highest BCUT2D eigenvalue weighted by atomic mass is 35.5. The Labute approximate surface area is 184 Å². The predicted molar refractivity (Wildman–Crippen MR) is 123 cm³/mol. The molecule has 0 bridgehead atoms. The molecule has 1 N–H and O–H groups in total. The van der Waals surface area contributed by atoms with Gasteiger partial charge >= 0.3 is 0 Å². The molecule has 0 saturated heterocycles. The highest BCUT2D eigenvalue weighted by Crippen LogP contribution is 2.22. The minimum atomic E-state index is 0.0150. The summed E-state index contributed by atoms with van der Waals surface area (Å²) in [6.07, 6.45) is 2.06. The van der Waals surface area contributed by atoms with Crippen molar-refractivity contribution in [3.8, 4) is 5.69 Å². The maximum Gasteiger partial charge on any atom is 0.224 e. The Kier molecular flexibility index (Phi) is 6.16. The summed E-state index contributed by atoms with van der Waals surface area (Å²) in [5, 5.41) is 9.43. The van der Waals surface area contributed by atoms with E-state index in [2.05, 4.69) is 21.5 Å². The second-order valence-corrected chi connectivity index (χ2v) is 8.79. The molecule has 0 aliphatic heterocycles. The second-order valence-electron chi connectivity index (χ2n) is 7.24. The highest BCUT2D eigenvalue weighted by molar-refractivity contribution is 7.18. The molecule has 2 aromatic heterocycles. The van der Waals surface area contributed by atoms with Crippen LogP contribution in [0.2, 0.25) is 5.02 Å². The third kappa shape index (κ3) is 4.55. The van der Waals surface area contributed by atoms with Gasteiger partial charge in [0.25, 0.3) is 0 Å². The summed E-state index contributed by atoms with van der Waals surface area (Å²) in [5.41, 5.74) is 4.79. The molecule has 154 valence electrons. The van der Waals surface area contributed by atoms with Gasteiger partial charge in [-0.3, -0.25) is 4.79 Å². The largest absolute Gasteiger partial charge is 0.356 e. The van der Waals surface area contributed by atoms with Crippen LogP contribution in [0.1, 0.15) is 28.4 Å². The Morgan fingerprint density at radius 3 is 2.67 bits per heavy atom. The first-order chi connectivity index (χ1) is 14.5. The van der Waals surface area contributed by atoms with E-state index in [0.29, 0.717) is 18.0 Å². The molecule has 0 saturated carbocycles. The van der Waals surface area contributed by atoms with Crippen LogP contribution in [0, 0.1) is 13.8 Å². The zero-order valence-electron chi connectivity index (χ0n) is 17.0. The lowest BCUT2D eigenvalue weighted by Crippen LogP contribution is -2.26. The molecule has 0 radical (unpaired) electrons. The zero-order chi connectivity index (χ0) is 21.1. The number of carbonyl (C=O) groups is 1. The van der Waals surface area contributed by atoms with E-state index in [0.717, 1.165) is 46.0 Å². The van der Waals surface area contributed by atoms with Crippen LogP contribution in [-0.4, -0.2) is 27.2 Å². The maximum absolute atomic E-state index is 12.5. The van der Waals surface area contributed by atoms with E-state index in [1.165, 1.54) is 4.70 Å². The zero-order valence-corrected chi connectivity index (χ0v) is 18.6. The second kappa shape index (κ2) is 8.98. The van der Waals surface area contributed by atoms with Crippen LogP contribution in [0.3, 0.4) is 0 Å². The molecule has 4 rings (SSSR count). The number of hydrogen-bond donors (Lipinski definition) is 1. The third-order valence-electron chi connectivity index (χ3n) is 5.08. The Balaban J connectivity index is 1.32. The Hall–Kier alpha value is -2.70. The first-order valence-corrected chi connectivity index (χ1v) is 11.1. The van der Waals surface area contributed by atoms with E-state index in [-0.39, 0.29) is 5.91 Å². The molecule has 2 aromatic carbocycles. The number of hydrogen-bond acceptors (Lipinski definition) is 4. The van der Waals surface area contributed by atoms with Gasteiger partial charge in [-0.25, -0.2) is 9.67 Å². The molecule has 0 spiro atoms. The average Bonchev–Trinajstić information content (AvgIpc) is 3.27. The number of amides is 1. The summed E-state index contributed by atoms with van der Waals surface area (Å²) >= 11 is 7.70. The molecule has 4 aromatic rings. The van der Waals surface area contributed by atoms with Crippen molar-refractivity contribution in [2.75, 3.05) is 6.54 Å². The summed E-state index contributed by atoms with van der Waals surface area (Å²) in [4.78, 5) is 17.1. The van der Waals surface area contributed by atoms with Crippen LogP contribution in [0.4, 0.5) is 0 Å². The summed E-state index contributed by atoms with van der Waals surface area (Å²) < 4.78 is 3.07. The molecular formula is C23H23ClN4OS. The van der Waals surface area contributed by atoms with Crippen molar-refractivity contribution in [2.24, 2.45) is 0 Å². The number of fused-ring (bicyclic) bond motifs is 1. The van der Waals surface area contributed by atoms with E-state index in [1.54, 1.807) is 11.3 Å². The number of nitrogens with one attached hydrogen (secondary N) is 1. The Morgan fingerprint density at radius 1 is 1.13 bits per heavy atom. The molecule has 2 heterocycles. The first kappa shape index (κ1) is 20.6. The van der Waals surface area contributed by atoms with Crippen molar-refractivity contribution < 1.29 is 4.79 Å². The quantitative estimate of drug-likeness (QED) is 0.411. The van der Waals surface area contributed by atoms with Gasteiger partial charge in [0.15, 0.2) is 0 Å². The van der Waals surface area contributed by atoms with Crippen molar-refractivity contribution in [1.29, 1.82) is 0 Å².